The zero-order valence-electron chi connectivity index (χ0n) is 6.07. The number of rotatable bonds is 0. The molecule has 1 aromatic rings. The summed E-state index contributed by atoms with van der Waals surface area (Å²) in [5.41, 5.74) is 4.28. The van der Waals surface area contributed by atoms with Crippen molar-refractivity contribution in [3.63, 3.8) is 0 Å². The topological polar surface area (TPSA) is 29.0 Å². The van der Waals surface area contributed by atoms with E-state index in [4.69, 9.17) is 0 Å². The van der Waals surface area contributed by atoms with Crippen molar-refractivity contribution in [2.45, 2.75) is 0 Å². The molecule has 2 N–H and O–H groups in total. The maximum Gasteiger partial charge on any atom is 0.163 e. The summed E-state index contributed by atoms with van der Waals surface area (Å²) in [5.74, 6) is 0. The minimum absolute atomic E-state index is 1.18. The van der Waals surface area contributed by atoms with Crippen molar-refractivity contribution < 1.29 is 5.43 Å². The standard InChI is InChI=1S/C9H8N2/c1-2-6-9-8(4-1)5-3-7-10-11-9/h1-7,11H/p+1. The summed E-state index contributed by atoms with van der Waals surface area (Å²) in [6, 6.07) is 8.19. The molecule has 0 aromatic heterocycles. The number of hydrogen-bond acceptors (Lipinski definition) is 1. The van der Waals surface area contributed by atoms with Crippen LogP contribution in [0.25, 0.3) is 6.08 Å². The van der Waals surface area contributed by atoms with E-state index < -0.39 is 0 Å². The lowest BCUT2D eigenvalue weighted by molar-refractivity contribution is -0.576. The normalized spacial score (nSPS) is 14.2. The summed E-state index contributed by atoms with van der Waals surface area (Å²) >= 11 is 0. The van der Waals surface area contributed by atoms with Gasteiger partial charge in [0.25, 0.3) is 0 Å². The molecule has 0 unspecified atom stereocenters. The molecular formula is C9H9N2+. The quantitative estimate of drug-likeness (QED) is 0.415. The molecule has 1 heterocycles. The Morgan fingerprint density at radius 1 is 1.18 bits per heavy atom. The molecule has 0 spiro atoms. The summed E-state index contributed by atoms with van der Waals surface area (Å²) in [4.78, 5) is 0. The van der Waals surface area contributed by atoms with E-state index in [9.17, 15) is 0 Å². The lowest BCUT2D eigenvalue weighted by Crippen LogP contribution is -2.71. The number of hydrogen-bond donors (Lipinski definition) is 1. The SMILES string of the molecule is C1=Cc2ccccc2[NH2+]N=C1. The van der Waals surface area contributed by atoms with Gasteiger partial charge in [0.2, 0.25) is 0 Å². The van der Waals surface area contributed by atoms with Gasteiger partial charge >= 0.3 is 0 Å². The van der Waals surface area contributed by atoms with E-state index >= 15 is 0 Å². The first-order valence-electron chi connectivity index (χ1n) is 3.59. The maximum atomic E-state index is 4.08. The number of fused-ring (bicyclic) bond motifs is 1. The van der Waals surface area contributed by atoms with E-state index in [1.807, 2.05) is 23.6 Å². The van der Waals surface area contributed by atoms with E-state index in [-0.39, 0.29) is 0 Å². The van der Waals surface area contributed by atoms with Crippen molar-refractivity contribution in [1.29, 1.82) is 0 Å². The summed E-state index contributed by atoms with van der Waals surface area (Å²) in [6.45, 7) is 0. The minimum Gasteiger partial charge on any atom is -0.188 e. The van der Waals surface area contributed by atoms with Gasteiger partial charge in [-0.1, -0.05) is 17.2 Å². The lowest BCUT2D eigenvalue weighted by atomic mass is 10.2. The van der Waals surface area contributed by atoms with Crippen LogP contribution in [0.3, 0.4) is 0 Å². The van der Waals surface area contributed by atoms with Gasteiger partial charge in [0.15, 0.2) is 5.69 Å². The molecule has 0 saturated carbocycles. The molecule has 2 nitrogen and oxygen atoms in total. The molecule has 2 heteroatoms. The Morgan fingerprint density at radius 3 is 3.09 bits per heavy atom. The van der Waals surface area contributed by atoms with Gasteiger partial charge in [-0.05, 0) is 18.2 Å². The first-order chi connectivity index (χ1) is 5.47. The fourth-order valence-corrected chi connectivity index (χ4v) is 1.10. The second-order valence-electron chi connectivity index (χ2n) is 2.42. The average Bonchev–Trinajstić information content (AvgIpc) is 2.28. The molecule has 0 atom stereocenters. The molecule has 0 aliphatic carbocycles. The van der Waals surface area contributed by atoms with Crippen molar-refractivity contribution in [2.24, 2.45) is 5.10 Å². The summed E-state index contributed by atoms with van der Waals surface area (Å²) in [5, 5.41) is 4.08. The van der Waals surface area contributed by atoms with E-state index in [1.165, 1.54) is 11.3 Å². The molecular weight excluding hydrogens is 136 g/mol. The van der Waals surface area contributed by atoms with Crippen LogP contribution in [-0.4, -0.2) is 6.21 Å². The first-order valence-corrected chi connectivity index (χ1v) is 3.59. The van der Waals surface area contributed by atoms with Crippen LogP contribution >= 0.6 is 0 Å². The van der Waals surface area contributed by atoms with Gasteiger partial charge in [-0.25, -0.2) is 0 Å². The predicted octanol–water partition coefficient (Wildman–Crippen LogP) is 0.894. The lowest BCUT2D eigenvalue weighted by Gasteiger charge is -1.95. The average molecular weight is 145 g/mol. The number of allylic oxidation sites excluding steroid dienone is 1. The van der Waals surface area contributed by atoms with Crippen LogP contribution in [0.15, 0.2) is 35.4 Å². The first kappa shape index (κ1) is 6.31. The molecule has 1 aromatic carbocycles. The predicted molar refractivity (Wildman–Crippen MR) is 45.6 cm³/mol. The van der Waals surface area contributed by atoms with Crippen molar-refractivity contribution in [3.8, 4) is 0 Å². The number of nitrogens with two attached hydrogens (primary N) is 1. The maximum absolute atomic E-state index is 4.08. The largest absolute Gasteiger partial charge is 0.188 e. The van der Waals surface area contributed by atoms with E-state index in [2.05, 4.69) is 23.3 Å². The molecule has 1 aliphatic heterocycles. The third-order valence-corrected chi connectivity index (χ3v) is 1.66. The Morgan fingerprint density at radius 2 is 2.09 bits per heavy atom. The Bertz CT molecular complexity index is 313. The summed E-state index contributed by atoms with van der Waals surface area (Å²) < 4.78 is 0. The van der Waals surface area contributed by atoms with Crippen LogP contribution < -0.4 is 5.43 Å². The number of nitrogens with zero attached hydrogens (tertiary/aromatic N) is 1. The highest BCUT2D eigenvalue weighted by Crippen LogP contribution is 2.11. The number of benzene rings is 1. The highest BCUT2D eigenvalue weighted by Gasteiger charge is 2.01. The highest BCUT2D eigenvalue weighted by molar-refractivity contribution is 5.80. The van der Waals surface area contributed by atoms with Crippen molar-refractivity contribution in [3.05, 3.63) is 35.9 Å². The molecule has 0 bridgehead atoms. The summed E-state index contributed by atoms with van der Waals surface area (Å²) in [6.07, 6.45) is 5.80. The van der Waals surface area contributed by atoms with Gasteiger partial charge in [0.1, 0.15) is 0 Å². The van der Waals surface area contributed by atoms with E-state index in [0.717, 1.165) is 0 Å². The zero-order valence-corrected chi connectivity index (χ0v) is 6.07. The highest BCUT2D eigenvalue weighted by atomic mass is 15.3. The van der Waals surface area contributed by atoms with Crippen LogP contribution in [0, 0.1) is 0 Å². The second kappa shape index (κ2) is 2.68. The fraction of sp³-hybridized carbons (Fsp3) is 0. The smallest absolute Gasteiger partial charge is 0.163 e. The Hall–Kier alpha value is -1.41. The molecule has 11 heavy (non-hydrogen) atoms. The molecule has 0 radical (unpaired) electrons. The third kappa shape index (κ3) is 1.21. The van der Waals surface area contributed by atoms with Crippen molar-refractivity contribution in [1.82, 2.24) is 0 Å². The third-order valence-electron chi connectivity index (χ3n) is 1.66. The second-order valence-corrected chi connectivity index (χ2v) is 2.42. The van der Waals surface area contributed by atoms with Crippen molar-refractivity contribution >= 4 is 18.0 Å². The van der Waals surface area contributed by atoms with Gasteiger partial charge in [-0.2, -0.15) is 5.43 Å². The van der Waals surface area contributed by atoms with Crippen LogP contribution in [0.4, 0.5) is 5.69 Å². The van der Waals surface area contributed by atoms with Crippen LogP contribution in [0.1, 0.15) is 5.56 Å². The Labute approximate surface area is 65.2 Å². The molecule has 0 amide bonds. The molecule has 54 valence electrons. The van der Waals surface area contributed by atoms with E-state index in [1.54, 1.807) is 6.21 Å². The molecule has 0 fully saturated rings. The van der Waals surface area contributed by atoms with Gasteiger partial charge < -0.3 is 0 Å². The Balaban J connectivity index is 2.52. The van der Waals surface area contributed by atoms with Gasteiger partial charge in [-0.15, -0.1) is 0 Å². The zero-order chi connectivity index (χ0) is 7.52. The van der Waals surface area contributed by atoms with Gasteiger partial charge in [0.05, 0.1) is 6.21 Å². The van der Waals surface area contributed by atoms with Gasteiger partial charge in [-0.3, -0.25) is 0 Å². The molecule has 2 rings (SSSR count). The van der Waals surface area contributed by atoms with Crippen molar-refractivity contribution in [2.75, 3.05) is 0 Å². The van der Waals surface area contributed by atoms with E-state index in [0.29, 0.717) is 0 Å². The monoisotopic (exact) mass is 145 g/mol. The Kier molecular flexibility index (Phi) is 1.54. The van der Waals surface area contributed by atoms with Gasteiger partial charge in [0, 0.05) is 11.6 Å². The minimum atomic E-state index is 1.18. The molecule has 1 aliphatic rings. The van der Waals surface area contributed by atoms with Crippen LogP contribution in [-0.2, 0) is 0 Å². The number of quaternary nitrogens is 1. The summed E-state index contributed by atoms with van der Waals surface area (Å²) in [7, 11) is 0. The van der Waals surface area contributed by atoms with Crippen LogP contribution in [0.2, 0.25) is 0 Å². The molecule has 0 saturated heterocycles. The van der Waals surface area contributed by atoms with Crippen LogP contribution in [0.5, 0.6) is 0 Å². The fourth-order valence-electron chi connectivity index (χ4n) is 1.10.